The van der Waals surface area contributed by atoms with Gasteiger partial charge < -0.3 is 4.18 Å². The second-order valence-corrected chi connectivity index (χ2v) is 6.96. The van der Waals surface area contributed by atoms with Crippen LogP contribution in [0.5, 0.6) is 5.75 Å². The van der Waals surface area contributed by atoms with E-state index in [1.807, 2.05) is 12.1 Å². The standard InChI is InChI=1S/C11H12BrNO3S/c1-11(2,3)8-4-7-6-13-17(14,15)16-10(7)9(12)5-8/h4-6H,1-3H3. The molecule has 0 aromatic heterocycles. The van der Waals surface area contributed by atoms with Gasteiger partial charge in [0.2, 0.25) is 0 Å². The van der Waals surface area contributed by atoms with E-state index in [9.17, 15) is 8.42 Å². The SMILES string of the molecule is CC(C)(C)c1cc(Br)c2c(c1)C=NS(=O)(=O)O2. The van der Waals surface area contributed by atoms with E-state index in [0.717, 1.165) is 5.56 Å². The highest BCUT2D eigenvalue weighted by molar-refractivity contribution is 9.10. The lowest BCUT2D eigenvalue weighted by Crippen LogP contribution is -2.16. The van der Waals surface area contributed by atoms with Crippen LogP contribution in [0, 0.1) is 0 Å². The molecule has 92 valence electrons. The highest BCUT2D eigenvalue weighted by Gasteiger charge is 2.24. The van der Waals surface area contributed by atoms with Gasteiger partial charge in [-0.05, 0) is 39.0 Å². The van der Waals surface area contributed by atoms with Crippen molar-refractivity contribution in [1.82, 2.24) is 0 Å². The molecule has 0 atom stereocenters. The molecule has 1 aromatic carbocycles. The minimum atomic E-state index is -3.83. The molecule has 4 nitrogen and oxygen atoms in total. The topological polar surface area (TPSA) is 55.7 Å². The smallest absolute Gasteiger partial charge is 0.364 e. The first-order valence-electron chi connectivity index (χ1n) is 5.03. The third-order valence-corrected chi connectivity index (χ3v) is 3.78. The van der Waals surface area contributed by atoms with Crippen molar-refractivity contribution < 1.29 is 12.6 Å². The van der Waals surface area contributed by atoms with Gasteiger partial charge in [-0.2, -0.15) is 8.42 Å². The fourth-order valence-electron chi connectivity index (χ4n) is 1.48. The van der Waals surface area contributed by atoms with E-state index in [4.69, 9.17) is 4.18 Å². The van der Waals surface area contributed by atoms with Gasteiger partial charge in [-0.15, -0.1) is 4.40 Å². The van der Waals surface area contributed by atoms with Gasteiger partial charge in [0.25, 0.3) is 0 Å². The molecular formula is C11H12BrNO3S. The zero-order valence-corrected chi connectivity index (χ0v) is 12.1. The van der Waals surface area contributed by atoms with Crippen molar-refractivity contribution in [2.75, 3.05) is 0 Å². The summed E-state index contributed by atoms with van der Waals surface area (Å²) in [4.78, 5) is 0. The summed E-state index contributed by atoms with van der Waals surface area (Å²) in [5.41, 5.74) is 1.72. The van der Waals surface area contributed by atoms with Gasteiger partial charge in [0.15, 0.2) is 5.75 Å². The molecule has 6 heteroatoms. The Bertz CT molecular complexity index is 600. The number of halogens is 1. The normalized spacial score (nSPS) is 17.4. The number of hydrogen-bond donors (Lipinski definition) is 0. The first-order chi connectivity index (χ1) is 7.69. The molecule has 1 aliphatic heterocycles. The lowest BCUT2D eigenvalue weighted by Gasteiger charge is -2.22. The number of benzene rings is 1. The molecule has 2 rings (SSSR count). The molecule has 0 N–H and O–H groups in total. The molecule has 0 saturated heterocycles. The quantitative estimate of drug-likeness (QED) is 0.739. The second kappa shape index (κ2) is 3.81. The van der Waals surface area contributed by atoms with Crippen LogP contribution < -0.4 is 4.18 Å². The first kappa shape index (κ1) is 12.6. The average molecular weight is 318 g/mol. The van der Waals surface area contributed by atoms with E-state index >= 15 is 0 Å². The van der Waals surface area contributed by atoms with Crippen LogP contribution in [0.2, 0.25) is 0 Å². The molecule has 17 heavy (non-hydrogen) atoms. The van der Waals surface area contributed by atoms with Gasteiger partial charge in [-0.25, -0.2) is 0 Å². The van der Waals surface area contributed by atoms with E-state index < -0.39 is 10.3 Å². The summed E-state index contributed by atoms with van der Waals surface area (Å²) in [5, 5.41) is 0. The largest absolute Gasteiger partial charge is 0.428 e. The first-order valence-corrected chi connectivity index (χ1v) is 7.19. The minimum Gasteiger partial charge on any atom is -0.364 e. The predicted molar refractivity (Wildman–Crippen MR) is 70.0 cm³/mol. The van der Waals surface area contributed by atoms with E-state index in [1.165, 1.54) is 6.21 Å². The molecule has 1 aromatic rings. The summed E-state index contributed by atoms with van der Waals surface area (Å²) in [6.07, 6.45) is 1.31. The van der Waals surface area contributed by atoms with Crippen LogP contribution in [0.4, 0.5) is 0 Å². The van der Waals surface area contributed by atoms with Gasteiger partial charge in [0.05, 0.1) is 10.7 Å². The van der Waals surface area contributed by atoms with Crippen molar-refractivity contribution in [2.45, 2.75) is 26.2 Å². The molecular weight excluding hydrogens is 306 g/mol. The maximum Gasteiger partial charge on any atom is 0.428 e. The van der Waals surface area contributed by atoms with Gasteiger partial charge >= 0.3 is 10.3 Å². The Labute approximate surface area is 109 Å². The lowest BCUT2D eigenvalue weighted by atomic mass is 9.86. The van der Waals surface area contributed by atoms with Crippen LogP contribution in [0.15, 0.2) is 21.0 Å². The molecule has 1 heterocycles. The van der Waals surface area contributed by atoms with Gasteiger partial charge in [-0.3, -0.25) is 0 Å². The molecule has 0 amide bonds. The highest BCUT2D eigenvalue weighted by Crippen LogP contribution is 2.36. The van der Waals surface area contributed by atoms with E-state index in [0.29, 0.717) is 15.8 Å². The Morgan fingerprint density at radius 1 is 1.29 bits per heavy atom. The number of fused-ring (bicyclic) bond motifs is 1. The number of rotatable bonds is 0. The Balaban J connectivity index is 2.62. The Morgan fingerprint density at radius 3 is 2.53 bits per heavy atom. The third-order valence-electron chi connectivity index (χ3n) is 2.45. The molecule has 0 fully saturated rings. The van der Waals surface area contributed by atoms with E-state index in [2.05, 4.69) is 41.1 Å². The van der Waals surface area contributed by atoms with Crippen LogP contribution in [0.25, 0.3) is 0 Å². The number of hydrogen-bond acceptors (Lipinski definition) is 3. The summed E-state index contributed by atoms with van der Waals surface area (Å²) in [7, 11) is -3.83. The third kappa shape index (κ3) is 2.52. The summed E-state index contributed by atoms with van der Waals surface area (Å²) in [6.45, 7) is 6.25. The van der Waals surface area contributed by atoms with Crippen LogP contribution in [-0.2, 0) is 15.7 Å². The zero-order chi connectivity index (χ0) is 12.8. The van der Waals surface area contributed by atoms with Crippen LogP contribution in [-0.4, -0.2) is 14.6 Å². The molecule has 0 unspecified atom stereocenters. The molecule has 0 radical (unpaired) electrons. The van der Waals surface area contributed by atoms with Crippen LogP contribution in [0.3, 0.4) is 0 Å². The number of nitrogens with zero attached hydrogens (tertiary/aromatic N) is 1. The molecule has 0 aliphatic carbocycles. The van der Waals surface area contributed by atoms with Gasteiger partial charge in [-0.1, -0.05) is 20.8 Å². The average Bonchev–Trinajstić information content (AvgIpc) is 2.16. The molecule has 1 aliphatic rings. The van der Waals surface area contributed by atoms with Crippen molar-refractivity contribution in [1.29, 1.82) is 0 Å². The minimum absolute atomic E-state index is 0.0261. The van der Waals surface area contributed by atoms with Gasteiger partial charge in [0.1, 0.15) is 0 Å². The molecule has 0 bridgehead atoms. The Morgan fingerprint density at radius 2 is 1.94 bits per heavy atom. The summed E-state index contributed by atoms with van der Waals surface area (Å²) < 4.78 is 31.2. The molecule has 0 spiro atoms. The van der Waals surface area contributed by atoms with Crippen molar-refractivity contribution in [3.8, 4) is 5.75 Å². The monoisotopic (exact) mass is 317 g/mol. The van der Waals surface area contributed by atoms with E-state index in [-0.39, 0.29) is 5.41 Å². The maximum atomic E-state index is 11.2. The summed E-state index contributed by atoms with van der Waals surface area (Å²) in [6, 6.07) is 3.76. The van der Waals surface area contributed by atoms with Gasteiger partial charge in [0, 0.05) is 5.56 Å². The van der Waals surface area contributed by atoms with Crippen LogP contribution >= 0.6 is 15.9 Å². The van der Waals surface area contributed by atoms with Crippen LogP contribution in [0.1, 0.15) is 31.9 Å². The van der Waals surface area contributed by atoms with Crippen molar-refractivity contribution in [2.24, 2.45) is 4.40 Å². The molecule has 0 saturated carbocycles. The lowest BCUT2D eigenvalue weighted by molar-refractivity contribution is 0.483. The summed E-state index contributed by atoms with van der Waals surface area (Å²) in [5.74, 6) is 0.299. The van der Waals surface area contributed by atoms with Crippen molar-refractivity contribution in [3.63, 3.8) is 0 Å². The fourth-order valence-corrected chi connectivity index (χ4v) is 2.83. The van der Waals surface area contributed by atoms with E-state index in [1.54, 1.807) is 0 Å². The van der Waals surface area contributed by atoms with Crippen molar-refractivity contribution >= 4 is 32.4 Å². The fraction of sp³-hybridized carbons (Fsp3) is 0.364. The highest BCUT2D eigenvalue weighted by atomic mass is 79.9. The zero-order valence-electron chi connectivity index (χ0n) is 9.69. The predicted octanol–water partition coefficient (Wildman–Crippen LogP) is 2.80. The summed E-state index contributed by atoms with van der Waals surface area (Å²) >= 11 is 3.33. The maximum absolute atomic E-state index is 11.2. The second-order valence-electron chi connectivity index (χ2n) is 4.87. The Hall–Kier alpha value is -0.880. The Kier molecular flexibility index (Phi) is 2.82. The van der Waals surface area contributed by atoms with Crippen molar-refractivity contribution in [3.05, 3.63) is 27.7 Å².